The molecule has 0 aromatic heterocycles. The van der Waals surface area contributed by atoms with Crippen LogP contribution in [0.2, 0.25) is 10.0 Å². The molecule has 0 heterocycles. The number of rotatable bonds is 4. The third kappa shape index (κ3) is 3.22. The number of hydrogen-bond donors (Lipinski definition) is 0. The van der Waals surface area contributed by atoms with Crippen LogP contribution in [0.5, 0.6) is 0 Å². The molecule has 3 heteroatoms. The van der Waals surface area contributed by atoms with Crippen LogP contribution in [0.4, 0.5) is 0 Å². The first-order chi connectivity index (χ1) is 12.1. The molecule has 0 N–H and O–H groups in total. The van der Waals surface area contributed by atoms with E-state index in [0.717, 1.165) is 16.7 Å². The van der Waals surface area contributed by atoms with Gasteiger partial charge in [-0.3, -0.25) is 4.79 Å². The van der Waals surface area contributed by atoms with Gasteiger partial charge >= 0.3 is 0 Å². The van der Waals surface area contributed by atoms with Crippen molar-refractivity contribution in [1.29, 1.82) is 0 Å². The standard InChI is InChI=1S/C22H16Cl2O/c23-17-10-6-14(7-11-17)19-20(15-8-12-18(24)13-9-15)21(19)22(25)16-4-2-1-3-5-16/h1-13,19-21H/t19-,20-/m0/s1. The fourth-order valence-electron chi connectivity index (χ4n) is 3.63. The molecule has 25 heavy (non-hydrogen) atoms. The average Bonchev–Trinajstić information content (AvgIpc) is 3.38. The second-order valence-electron chi connectivity index (χ2n) is 6.41. The van der Waals surface area contributed by atoms with Crippen molar-refractivity contribution in [2.24, 2.45) is 5.92 Å². The van der Waals surface area contributed by atoms with Crippen molar-refractivity contribution in [3.8, 4) is 0 Å². The Hall–Kier alpha value is -2.09. The molecule has 1 aliphatic rings. The first kappa shape index (κ1) is 16.4. The summed E-state index contributed by atoms with van der Waals surface area (Å²) in [6.07, 6.45) is 0. The quantitative estimate of drug-likeness (QED) is 0.490. The van der Waals surface area contributed by atoms with Gasteiger partial charge < -0.3 is 0 Å². The Morgan fingerprint density at radius 1 is 0.640 bits per heavy atom. The molecule has 0 aliphatic heterocycles. The van der Waals surface area contributed by atoms with Crippen LogP contribution in [0.15, 0.2) is 78.9 Å². The lowest BCUT2D eigenvalue weighted by molar-refractivity contribution is 0.0963. The zero-order valence-electron chi connectivity index (χ0n) is 13.4. The highest BCUT2D eigenvalue weighted by molar-refractivity contribution is 6.30. The minimum atomic E-state index is -0.0512. The predicted octanol–water partition coefficient (Wildman–Crippen LogP) is 6.37. The normalized spacial score (nSPS) is 21.8. The van der Waals surface area contributed by atoms with Crippen molar-refractivity contribution in [2.45, 2.75) is 11.8 Å². The molecule has 0 amide bonds. The molecule has 4 rings (SSSR count). The first-order valence-corrected chi connectivity index (χ1v) is 9.01. The van der Waals surface area contributed by atoms with E-state index in [2.05, 4.69) is 0 Å². The average molecular weight is 367 g/mol. The Labute approximate surface area is 157 Å². The van der Waals surface area contributed by atoms with Gasteiger partial charge in [0.25, 0.3) is 0 Å². The van der Waals surface area contributed by atoms with Crippen LogP contribution >= 0.6 is 23.2 Å². The van der Waals surface area contributed by atoms with Gasteiger partial charge in [0, 0.05) is 33.4 Å². The Morgan fingerprint density at radius 2 is 1.08 bits per heavy atom. The predicted molar refractivity (Wildman–Crippen MR) is 103 cm³/mol. The van der Waals surface area contributed by atoms with Crippen LogP contribution < -0.4 is 0 Å². The summed E-state index contributed by atoms with van der Waals surface area (Å²) in [5, 5.41) is 1.41. The van der Waals surface area contributed by atoms with Gasteiger partial charge in [0.15, 0.2) is 5.78 Å². The maximum atomic E-state index is 13.1. The van der Waals surface area contributed by atoms with E-state index in [9.17, 15) is 4.79 Å². The number of halogens is 2. The Morgan fingerprint density at radius 3 is 1.52 bits per heavy atom. The number of ketones is 1. The maximum Gasteiger partial charge on any atom is 0.167 e. The van der Waals surface area contributed by atoms with Crippen LogP contribution in [0.1, 0.15) is 33.3 Å². The molecule has 0 spiro atoms. The minimum Gasteiger partial charge on any atom is -0.294 e. The highest BCUT2D eigenvalue weighted by atomic mass is 35.5. The highest BCUT2D eigenvalue weighted by Gasteiger charge is 2.55. The maximum absolute atomic E-state index is 13.1. The van der Waals surface area contributed by atoms with E-state index in [4.69, 9.17) is 23.2 Å². The Bertz CT molecular complexity index is 834. The summed E-state index contributed by atoms with van der Waals surface area (Å²) in [7, 11) is 0. The van der Waals surface area contributed by atoms with E-state index in [-0.39, 0.29) is 23.5 Å². The molecule has 0 bridgehead atoms. The molecule has 1 nitrogen and oxygen atoms in total. The van der Waals surface area contributed by atoms with Crippen molar-refractivity contribution >= 4 is 29.0 Å². The van der Waals surface area contributed by atoms with E-state index in [1.165, 1.54) is 0 Å². The summed E-state index contributed by atoms with van der Waals surface area (Å²) >= 11 is 12.0. The number of benzene rings is 3. The van der Waals surface area contributed by atoms with Gasteiger partial charge in [-0.25, -0.2) is 0 Å². The van der Waals surface area contributed by atoms with Gasteiger partial charge in [-0.05, 0) is 35.4 Å². The minimum absolute atomic E-state index is 0.0512. The molecule has 0 radical (unpaired) electrons. The molecule has 0 unspecified atom stereocenters. The van der Waals surface area contributed by atoms with Crippen LogP contribution in [0.25, 0.3) is 0 Å². The molecule has 3 aromatic carbocycles. The SMILES string of the molecule is O=C(c1ccccc1)C1[C@@H](c2ccc(Cl)cc2)[C@@H]1c1ccc(Cl)cc1. The molecule has 3 aromatic rings. The number of carbonyl (C=O) groups is 1. The molecule has 124 valence electrons. The van der Waals surface area contributed by atoms with Crippen LogP contribution in [0, 0.1) is 5.92 Å². The molecule has 2 atom stereocenters. The van der Waals surface area contributed by atoms with Gasteiger partial charge in [0.1, 0.15) is 0 Å². The van der Waals surface area contributed by atoms with E-state index in [0.29, 0.717) is 10.0 Å². The van der Waals surface area contributed by atoms with Crippen LogP contribution in [0.3, 0.4) is 0 Å². The summed E-state index contributed by atoms with van der Waals surface area (Å²) in [4.78, 5) is 13.1. The monoisotopic (exact) mass is 366 g/mol. The van der Waals surface area contributed by atoms with Crippen LogP contribution in [-0.2, 0) is 0 Å². The topological polar surface area (TPSA) is 17.1 Å². The zero-order valence-corrected chi connectivity index (χ0v) is 14.9. The van der Waals surface area contributed by atoms with E-state index < -0.39 is 0 Å². The molecular formula is C22H16Cl2O. The van der Waals surface area contributed by atoms with Crippen molar-refractivity contribution in [1.82, 2.24) is 0 Å². The first-order valence-electron chi connectivity index (χ1n) is 8.25. The molecule has 0 saturated heterocycles. The lowest BCUT2D eigenvalue weighted by Gasteiger charge is -2.01. The van der Waals surface area contributed by atoms with E-state index in [1.54, 1.807) is 0 Å². The summed E-state index contributed by atoms with van der Waals surface area (Å²) in [6, 6.07) is 25.2. The molecule has 1 aliphatic carbocycles. The van der Waals surface area contributed by atoms with Gasteiger partial charge in [0.2, 0.25) is 0 Å². The molecular weight excluding hydrogens is 351 g/mol. The summed E-state index contributed by atoms with van der Waals surface area (Å²) in [5.41, 5.74) is 3.07. The van der Waals surface area contributed by atoms with Gasteiger partial charge in [-0.2, -0.15) is 0 Å². The van der Waals surface area contributed by atoms with E-state index >= 15 is 0 Å². The Kier molecular flexibility index (Phi) is 4.37. The summed E-state index contributed by atoms with van der Waals surface area (Å²) in [5.74, 6) is 0.488. The highest BCUT2D eigenvalue weighted by Crippen LogP contribution is 2.61. The summed E-state index contributed by atoms with van der Waals surface area (Å²) in [6.45, 7) is 0. The fourth-order valence-corrected chi connectivity index (χ4v) is 3.88. The third-order valence-electron chi connectivity index (χ3n) is 4.89. The number of carbonyl (C=O) groups excluding carboxylic acids is 1. The lowest BCUT2D eigenvalue weighted by atomic mass is 10.0. The van der Waals surface area contributed by atoms with Crippen molar-refractivity contribution in [2.75, 3.05) is 0 Å². The summed E-state index contributed by atoms with van der Waals surface area (Å²) < 4.78 is 0. The second kappa shape index (κ2) is 6.67. The lowest BCUT2D eigenvalue weighted by Crippen LogP contribution is -2.03. The smallest absolute Gasteiger partial charge is 0.167 e. The zero-order chi connectivity index (χ0) is 17.4. The van der Waals surface area contributed by atoms with Gasteiger partial charge in [-0.15, -0.1) is 0 Å². The van der Waals surface area contributed by atoms with Crippen LogP contribution in [-0.4, -0.2) is 5.78 Å². The second-order valence-corrected chi connectivity index (χ2v) is 7.28. The third-order valence-corrected chi connectivity index (χ3v) is 5.39. The Balaban J connectivity index is 1.70. The van der Waals surface area contributed by atoms with E-state index in [1.807, 2.05) is 78.9 Å². The fraction of sp³-hybridized carbons (Fsp3) is 0.136. The number of Topliss-reactive ketones (excluding diaryl/α,β-unsaturated/α-hetero) is 1. The van der Waals surface area contributed by atoms with Gasteiger partial charge in [0.05, 0.1) is 0 Å². The number of hydrogen-bond acceptors (Lipinski definition) is 1. The molecule has 1 fully saturated rings. The van der Waals surface area contributed by atoms with Gasteiger partial charge in [-0.1, -0.05) is 77.8 Å². The van der Waals surface area contributed by atoms with Crippen molar-refractivity contribution in [3.63, 3.8) is 0 Å². The molecule has 1 saturated carbocycles. The largest absolute Gasteiger partial charge is 0.294 e. The van der Waals surface area contributed by atoms with Crippen molar-refractivity contribution < 1.29 is 4.79 Å². The van der Waals surface area contributed by atoms with Crippen molar-refractivity contribution in [3.05, 3.63) is 106 Å².